The molecule has 4 rings (SSSR count). The van der Waals surface area contributed by atoms with E-state index in [1.165, 1.54) is 28.9 Å². The van der Waals surface area contributed by atoms with Crippen LogP contribution in [0.3, 0.4) is 0 Å². The highest BCUT2D eigenvalue weighted by Crippen LogP contribution is 2.47. The molecule has 4 nitrogen and oxygen atoms in total. The van der Waals surface area contributed by atoms with E-state index in [0.29, 0.717) is 0 Å². The molecule has 0 amide bonds. The second-order valence-corrected chi connectivity index (χ2v) is 7.52. The summed E-state index contributed by atoms with van der Waals surface area (Å²) in [6.07, 6.45) is 1.12. The van der Waals surface area contributed by atoms with Crippen LogP contribution in [0.25, 0.3) is 0 Å². The zero-order valence-electron chi connectivity index (χ0n) is 16.5. The van der Waals surface area contributed by atoms with Crippen molar-refractivity contribution < 1.29 is 13.9 Å². The third-order valence-corrected chi connectivity index (χ3v) is 5.79. The molecule has 144 valence electrons. The van der Waals surface area contributed by atoms with Gasteiger partial charge in [0.05, 0.1) is 7.11 Å². The van der Waals surface area contributed by atoms with Crippen molar-refractivity contribution in [3.8, 4) is 11.5 Å². The lowest BCUT2D eigenvalue weighted by molar-refractivity contribution is 0.243. The van der Waals surface area contributed by atoms with Crippen molar-refractivity contribution in [3.63, 3.8) is 0 Å². The van der Waals surface area contributed by atoms with Gasteiger partial charge in [0.15, 0.2) is 11.5 Å². The summed E-state index contributed by atoms with van der Waals surface area (Å²) in [4.78, 5) is 4.77. The maximum Gasteiger partial charge on any atom is 0.166 e. The minimum atomic E-state index is -0.190. The van der Waals surface area contributed by atoms with Crippen LogP contribution >= 0.6 is 0 Å². The number of anilines is 2. The Balaban J connectivity index is 1.60. The number of benzene rings is 2. The minimum Gasteiger partial charge on any atom is -0.492 e. The fourth-order valence-electron chi connectivity index (χ4n) is 4.47. The highest BCUT2D eigenvalue weighted by atomic mass is 19.1. The number of fused-ring (bicyclic) bond motifs is 1. The second-order valence-electron chi connectivity index (χ2n) is 7.52. The van der Waals surface area contributed by atoms with Crippen molar-refractivity contribution in [2.24, 2.45) is 0 Å². The lowest BCUT2D eigenvalue weighted by atomic mass is 9.96. The van der Waals surface area contributed by atoms with Crippen LogP contribution in [0.2, 0.25) is 0 Å². The number of hydrogen-bond donors (Lipinski definition) is 0. The quantitative estimate of drug-likeness (QED) is 0.812. The van der Waals surface area contributed by atoms with E-state index in [2.05, 4.69) is 30.6 Å². The molecule has 2 aromatic carbocycles. The molecule has 27 heavy (non-hydrogen) atoms. The molecule has 0 aliphatic carbocycles. The fraction of sp³-hybridized carbons (Fsp3) is 0.455. The molecule has 2 aliphatic heterocycles. The van der Waals surface area contributed by atoms with E-state index in [-0.39, 0.29) is 11.9 Å². The monoisotopic (exact) mass is 370 g/mol. The van der Waals surface area contributed by atoms with Gasteiger partial charge < -0.3 is 19.3 Å². The molecule has 0 N–H and O–H groups in total. The summed E-state index contributed by atoms with van der Waals surface area (Å²) in [6.45, 7) is 10.1. The minimum absolute atomic E-state index is 0.190. The van der Waals surface area contributed by atoms with Crippen LogP contribution in [0.4, 0.5) is 15.8 Å². The van der Waals surface area contributed by atoms with Gasteiger partial charge in [-0.25, -0.2) is 4.39 Å². The van der Waals surface area contributed by atoms with Crippen molar-refractivity contribution in [1.29, 1.82) is 0 Å². The lowest BCUT2D eigenvalue weighted by Gasteiger charge is -2.39. The lowest BCUT2D eigenvalue weighted by Crippen LogP contribution is -2.47. The molecule has 0 bridgehead atoms. The van der Waals surface area contributed by atoms with E-state index in [4.69, 9.17) is 9.47 Å². The van der Waals surface area contributed by atoms with Crippen molar-refractivity contribution in [2.45, 2.75) is 33.3 Å². The zero-order chi connectivity index (χ0) is 19.1. The third kappa shape index (κ3) is 3.09. The average Bonchev–Trinajstić information content (AvgIpc) is 3.05. The van der Waals surface area contributed by atoms with Crippen LogP contribution in [0.5, 0.6) is 11.5 Å². The van der Waals surface area contributed by atoms with Gasteiger partial charge in [-0.15, -0.1) is 0 Å². The number of methoxy groups -OCH3 is 1. The van der Waals surface area contributed by atoms with Crippen LogP contribution in [0, 0.1) is 19.7 Å². The van der Waals surface area contributed by atoms with Crippen LogP contribution in [-0.2, 0) is 6.42 Å². The normalized spacial score (nSPS) is 19.1. The standard InChI is InChI=1S/C22H27FN2O2/c1-14-13-19-15(2)20(16(3)21(26-4)22(19)27-14)25-11-9-24(10-12-25)18-7-5-17(23)6-8-18/h5-8,14H,9-13H2,1-4H3. The largest absolute Gasteiger partial charge is 0.492 e. The predicted octanol–water partition coefficient (Wildman–Crippen LogP) is 4.10. The molecule has 0 aromatic heterocycles. The Bertz CT molecular complexity index is 843. The molecular formula is C22H27FN2O2. The molecule has 0 radical (unpaired) electrons. The predicted molar refractivity (Wildman–Crippen MR) is 107 cm³/mol. The summed E-state index contributed by atoms with van der Waals surface area (Å²) in [6, 6.07) is 6.78. The van der Waals surface area contributed by atoms with Gasteiger partial charge in [0.2, 0.25) is 0 Å². The molecule has 1 atom stereocenters. The average molecular weight is 370 g/mol. The Morgan fingerprint density at radius 3 is 2.26 bits per heavy atom. The summed E-state index contributed by atoms with van der Waals surface area (Å²) in [5.41, 5.74) is 6.10. The van der Waals surface area contributed by atoms with Crippen LogP contribution < -0.4 is 19.3 Å². The van der Waals surface area contributed by atoms with Crippen LogP contribution in [-0.4, -0.2) is 39.4 Å². The Hall–Kier alpha value is -2.43. The van der Waals surface area contributed by atoms with Crippen LogP contribution in [0.15, 0.2) is 24.3 Å². The number of rotatable bonds is 3. The Kier molecular flexibility index (Phi) is 4.62. The van der Waals surface area contributed by atoms with Gasteiger partial charge in [0.25, 0.3) is 0 Å². The fourth-order valence-corrected chi connectivity index (χ4v) is 4.47. The Labute approximate surface area is 160 Å². The molecule has 2 aromatic rings. The van der Waals surface area contributed by atoms with Gasteiger partial charge >= 0.3 is 0 Å². The maximum atomic E-state index is 13.2. The number of ether oxygens (including phenoxy) is 2. The molecule has 0 spiro atoms. The van der Waals surface area contributed by atoms with Gasteiger partial charge in [0, 0.05) is 55.1 Å². The molecule has 1 fully saturated rings. The topological polar surface area (TPSA) is 24.9 Å². The molecular weight excluding hydrogens is 343 g/mol. The first-order chi connectivity index (χ1) is 13.0. The van der Waals surface area contributed by atoms with E-state index < -0.39 is 0 Å². The molecule has 2 heterocycles. The highest BCUT2D eigenvalue weighted by molar-refractivity contribution is 5.73. The molecule has 5 heteroatoms. The summed E-state index contributed by atoms with van der Waals surface area (Å²) in [5.74, 6) is 1.61. The van der Waals surface area contributed by atoms with Crippen LogP contribution in [0.1, 0.15) is 23.6 Å². The van der Waals surface area contributed by atoms with Gasteiger partial charge in [-0.05, 0) is 50.6 Å². The SMILES string of the molecule is COc1c(C)c(N2CCN(c3ccc(F)cc3)CC2)c(C)c2c1OC(C)C2. The molecule has 0 saturated carbocycles. The smallest absolute Gasteiger partial charge is 0.166 e. The van der Waals surface area contributed by atoms with Crippen molar-refractivity contribution in [2.75, 3.05) is 43.1 Å². The van der Waals surface area contributed by atoms with E-state index in [1.807, 2.05) is 12.1 Å². The summed E-state index contributed by atoms with van der Waals surface area (Å²) < 4.78 is 24.9. The molecule has 2 aliphatic rings. The first kappa shape index (κ1) is 18.0. The number of hydrogen-bond acceptors (Lipinski definition) is 4. The van der Waals surface area contributed by atoms with E-state index >= 15 is 0 Å². The summed E-state index contributed by atoms with van der Waals surface area (Å²) in [5, 5.41) is 0. The number of piperazine rings is 1. The maximum absolute atomic E-state index is 13.2. The van der Waals surface area contributed by atoms with Crippen molar-refractivity contribution in [1.82, 2.24) is 0 Å². The Morgan fingerprint density at radius 1 is 1.00 bits per heavy atom. The van der Waals surface area contributed by atoms with Crippen molar-refractivity contribution in [3.05, 3.63) is 46.8 Å². The molecule has 1 saturated heterocycles. The van der Waals surface area contributed by atoms with E-state index in [0.717, 1.165) is 55.3 Å². The van der Waals surface area contributed by atoms with Gasteiger partial charge in [-0.1, -0.05) is 0 Å². The van der Waals surface area contributed by atoms with E-state index in [9.17, 15) is 4.39 Å². The summed E-state index contributed by atoms with van der Waals surface area (Å²) in [7, 11) is 1.72. The van der Waals surface area contributed by atoms with Gasteiger partial charge in [-0.3, -0.25) is 0 Å². The second kappa shape index (κ2) is 6.95. The zero-order valence-corrected chi connectivity index (χ0v) is 16.5. The first-order valence-electron chi connectivity index (χ1n) is 9.61. The highest BCUT2D eigenvalue weighted by Gasteiger charge is 2.31. The number of halogens is 1. The first-order valence-corrected chi connectivity index (χ1v) is 9.61. The summed E-state index contributed by atoms with van der Waals surface area (Å²) >= 11 is 0. The Morgan fingerprint density at radius 2 is 1.63 bits per heavy atom. The number of nitrogens with zero attached hydrogens (tertiary/aromatic N) is 2. The molecule has 1 unspecified atom stereocenters. The van der Waals surface area contributed by atoms with Gasteiger partial charge in [-0.2, -0.15) is 0 Å². The third-order valence-electron chi connectivity index (χ3n) is 5.79. The van der Waals surface area contributed by atoms with Crippen molar-refractivity contribution >= 4 is 11.4 Å². The van der Waals surface area contributed by atoms with E-state index in [1.54, 1.807) is 7.11 Å². The van der Waals surface area contributed by atoms with Gasteiger partial charge in [0.1, 0.15) is 11.9 Å².